The third-order valence-electron chi connectivity index (χ3n) is 4.69. The zero-order valence-corrected chi connectivity index (χ0v) is 20.6. The number of halogens is 1. The van der Waals surface area contributed by atoms with E-state index in [0.29, 0.717) is 5.92 Å². The predicted molar refractivity (Wildman–Crippen MR) is 129 cm³/mol. The molecular weight excluding hydrogens is 484 g/mol. The van der Waals surface area contributed by atoms with Crippen LogP contribution in [0, 0.1) is 5.92 Å². The molecule has 0 amide bonds. The van der Waals surface area contributed by atoms with Crippen LogP contribution >= 0.6 is 11.6 Å². The van der Waals surface area contributed by atoms with Gasteiger partial charge in [-0.05, 0) is 50.0 Å². The van der Waals surface area contributed by atoms with Crippen LogP contribution < -0.4 is 10.5 Å². The summed E-state index contributed by atoms with van der Waals surface area (Å²) in [7, 11) is 0. The topological polar surface area (TPSA) is 188 Å². The van der Waals surface area contributed by atoms with Gasteiger partial charge in [0, 0.05) is 23.7 Å². The van der Waals surface area contributed by atoms with E-state index in [0.717, 1.165) is 50.0 Å². The van der Waals surface area contributed by atoms with Crippen molar-refractivity contribution >= 4 is 35.5 Å². The number of hydrogen-bond acceptors (Lipinski definition) is 7. The Morgan fingerprint density at radius 3 is 1.91 bits per heavy atom. The van der Waals surface area contributed by atoms with Crippen LogP contribution in [-0.4, -0.2) is 75.4 Å². The van der Waals surface area contributed by atoms with Crippen molar-refractivity contribution in [1.29, 1.82) is 0 Å². The number of carboxylic acid groups (broad SMARTS) is 4. The van der Waals surface area contributed by atoms with Crippen molar-refractivity contribution in [1.82, 2.24) is 4.90 Å². The van der Waals surface area contributed by atoms with Crippen molar-refractivity contribution in [3.05, 3.63) is 28.8 Å². The highest BCUT2D eigenvalue weighted by Crippen LogP contribution is 2.26. The Labute approximate surface area is 209 Å². The summed E-state index contributed by atoms with van der Waals surface area (Å²) in [5, 5.41) is 32.4. The maximum atomic E-state index is 9.64. The standard InChI is InChI=1S/C15H23ClN2O.2C4H6O4/c1-2-7-19-15-4-3-14(16)8-13(15)11-18-6-5-12(9-17)10-18;2*5-3(6)1-2-4(7)8/h3-4,8,12H,2,5-7,9-11,17H2,1H3;2*1-2H2,(H,5,6)(H,7,8)/t12-;;/m0../s1. The molecule has 0 spiro atoms. The van der Waals surface area contributed by atoms with Gasteiger partial charge in [0.25, 0.3) is 0 Å². The minimum absolute atomic E-state index is 0.296. The van der Waals surface area contributed by atoms with Crippen molar-refractivity contribution in [2.45, 2.75) is 52.0 Å². The Kier molecular flexibility index (Phi) is 16.9. The second-order valence-corrected chi connectivity index (χ2v) is 8.24. The lowest BCUT2D eigenvalue weighted by Gasteiger charge is -2.18. The van der Waals surface area contributed by atoms with E-state index in [1.165, 1.54) is 12.0 Å². The van der Waals surface area contributed by atoms with E-state index in [9.17, 15) is 19.2 Å². The number of rotatable bonds is 12. The normalized spacial score (nSPS) is 14.7. The summed E-state index contributed by atoms with van der Waals surface area (Å²) < 4.78 is 5.79. The van der Waals surface area contributed by atoms with Gasteiger partial charge in [-0.2, -0.15) is 0 Å². The van der Waals surface area contributed by atoms with Crippen LogP contribution in [0.1, 0.15) is 51.0 Å². The molecule has 11 nitrogen and oxygen atoms in total. The van der Waals surface area contributed by atoms with E-state index in [2.05, 4.69) is 11.8 Å². The first-order chi connectivity index (χ1) is 16.5. The van der Waals surface area contributed by atoms with Crippen molar-refractivity contribution in [3.8, 4) is 5.75 Å². The van der Waals surface area contributed by atoms with Gasteiger partial charge >= 0.3 is 23.9 Å². The average Bonchev–Trinajstić information content (AvgIpc) is 3.24. The van der Waals surface area contributed by atoms with Crippen LogP contribution in [0.2, 0.25) is 5.02 Å². The van der Waals surface area contributed by atoms with Crippen molar-refractivity contribution in [2.75, 3.05) is 26.2 Å². The molecule has 1 heterocycles. The first-order valence-electron chi connectivity index (χ1n) is 11.2. The van der Waals surface area contributed by atoms with Crippen molar-refractivity contribution in [2.24, 2.45) is 11.7 Å². The van der Waals surface area contributed by atoms with Crippen LogP contribution in [0.25, 0.3) is 0 Å². The Balaban J connectivity index is 0.000000601. The lowest BCUT2D eigenvalue weighted by atomic mass is 10.1. The van der Waals surface area contributed by atoms with Crippen LogP contribution in [0.4, 0.5) is 0 Å². The first kappa shape index (κ1) is 32.1. The molecule has 1 aliphatic heterocycles. The molecule has 0 aromatic heterocycles. The third-order valence-corrected chi connectivity index (χ3v) is 4.92. The van der Waals surface area contributed by atoms with Gasteiger partial charge in [-0.15, -0.1) is 0 Å². The van der Waals surface area contributed by atoms with Crippen LogP contribution in [0.3, 0.4) is 0 Å². The number of hydrogen-bond donors (Lipinski definition) is 5. The van der Waals surface area contributed by atoms with E-state index in [4.69, 9.17) is 42.5 Å². The number of nitrogens with zero attached hydrogens (tertiary/aromatic N) is 1. The van der Waals surface area contributed by atoms with Gasteiger partial charge in [-0.25, -0.2) is 0 Å². The summed E-state index contributed by atoms with van der Waals surface area (Å²) in [4.78, 5) is 41.0. The van der Waals surface area contributed by atoms with Gasteiger partial charge in [0.15, 0.2) is 0 Å². The van der Waals surface area contributed by atoms with Crippen molar-refractivity contribution in [3.63, 3.8) is 0 Å². The fraction of sp³-hybridized carbons (Fsp3) is 0.565. The molecule has 35 heavy (non-hydrogen) atoms. The fourth-order valence-electron chi connectivity index (χ4n) is 2.94. The molecule has 1 saturated heterocycles. The van der Waals surface area contributed by atoms with Gasteiger partial charge in [-0.1, -0.05) is 18.5 Å². The highest BCUT2D eigenvalue weighted by molar-refractivity contribution is 6.30. The van der Waals surface area contributed by atoms with Gasteiger partial charge in [0.1, 0.15) is 5.75 Å². The van der Waals surface area contributed by atoms with Gasteiger partial charge < -0.3 is 30.9 Å². The highest BCUT2D eigenvalue weighted by Gasteiger charge is 2.22. The molecule has 1 aliphatic rings. The number of ether oxygens (including phenoxy) is 1. The average molecular weight is 519 g/mol. The van der Waals surface area contributed by atoms with Gasteiger partial charge in [0.05, 0.1) is 32.3 Å². The summed E-state index contributed by atoms with van der Waals surface area (Å²) in [6, 6.07) is 5.88. The summed E-state index contributed by atoms with van der Waals surface area (Å²) in [6.07, 6.45) is 1.03. The van der Waals surface area contributed by atoms with E-state index in [1.807, 2.05) is 18.2 Å². The maximum absolute atomic E-state index is 9.64. The Morgan fingerprint density at radius 2 is 1.51 bits per heavy atom. The second kappa shape index (κ2) is 18.4. The van der Waals surface area contributed by atoms with Crippen LogP contribution in [0.5, 0.6) is 5.75 Å². The van der Waals surface area contributed by atoms with Gasteiger partial charge in [-0.3, -0.25) is 24.1 Å². The molecule has 1 atom stereocenters. The molecule has 12 heteroatoms. The minimum Gasteiger partial charge on any atom is -0.493 e. The van der Waals surface area contributed by atoms with E-state index >= 15 is 0 Å². The smallest absolute Gasteiger partial charge is 0.303 e. The molecule has 1 fully saturated rings. The molecule has 1 aromatic rings. The lowest BCUT2D eigenvalue weighted by molar-refractivity contribution is -0.143. The third kappa shape index (κ3) is 17.2. The Hall–Kier alpha value is -2.89. The molecule has 6 N–H and O–H groups in total. The zero-order chi connectivity index (χ0) is 26.8. The molecule has 0 saturated carbocycles. The molecule has 2 rings (SSSR count). The maximum Gasteiger partial charge on any atom is 0.303 e. The summed E-state index contributed by atoms with van der Waals surface area (Å²) in [5.74, 6) is -2.71. The molecule has 0 radical (unpaired) electrons. The summed E-state index contributed by atoms with van der Waals surface area (Å²) >= 11 is 6.10. The minimum atomic E-state index is -1.08. The van der Waals surface area contributed by atoms with Crippen molar-refractivity contribution < 1.29 is 44.3 Å². The number of benzene rings is 1. The Morgan fingerprint density at radius 1 is 1.00 bits per heavy atom. The highest BCUT2D eigenvalue weighted by atomic mass is 35.5. The molecule has 198 valence electrons. The molecule has 0 aliphatic carbocycles. The Bertz CT molecular complexity index is 764. The summed E-state index contributed by atoms with van der Waals surface area (Å²) in [5.41, 5.74) is 6.92. The summed E-state index contributed by atoms with van der Waals surface area (Å²) in [6.45, 7) is 6.74. The number of carboxylic acids is 4. The zero-order valence-electron chi connectivity index (χ0n) is 19.8. The van der Waals surface area contributed by atoms with E-state index in [-0.39, 0.29) is 25.7 Å². The van der Waals surface area contributed by atoms with E-state index in [1.54, 1.807) is 0 Å². The fourth-order valence-corrected chi connectivity index (χ4v) is 3.14. The number of nitrogens with two attached hydrogens (primary N) is 1. The quantitative estimate of drug-likeness (QED) is 0.273. The van der Waals surface area contributed by atoms with E-state index < -0.39 is 23.9 Å². The van der Waals surface area contributed by atoms with Crippen LogP contribution in [0.15, 0.2) is 18.2 Å². The first-order valence-corrected chi connectivity index (χ1v) is 11.6. The monoisotopic (exact) mass is 518 g/mol. The molecule has 0 bridgehead atoms. The molecule has 0 unspecified atom stereocenters. The second-order valence-electron chi connectivity index (χ2n) is 7.80. The largest absolute Gasteiger partial charge is 0.493 e. The number of carbonyl (C=O) groups is 4. The molecular formula is C23H35ClN2O9. The lowest BCUT2D eigenvalue weighted by Crippen LogP contribution is -2.23. The number of likely N-dealkylation sites (tertiary alicyclic amines) is 1. The predicted octanol–water partition coefficient (Wildman–Crippen LogP) is 2.78. The SMILES string of the molecule is CCCOc1ccc(Cl)cc1CN1CC[C@@H](CN)C1.O=C(O)CCC(=O)O.O=C(O)CCC(=O)O. The van der Waals surface area contributed by atoms with Crippen LogP contribution in [-0.2, 0) is 25.7 Å². The number of aliphatic carboxylic acids is 4. The van der Waals surface area contributed by atoms with Gasteiger partial charge in [0.2, 0.25) is 0 Å². The molecule has 1 aromatic carbocycles.